The van der Waals surface area contributed by atoms with E-state index >= 15 is 0 Å². The molecule has 1 aliphatic rings. The van der Waals surface area contributed by atoms with Crippen molar-refractivity contribution >= 4 is 24.2 Å². The molecule has 0 aliphatic carbocycles. The van der Waals surface area contributed by atoms with Crippen LogP contribution in [-0.2, 0) is 9.59 Å². The maximum Gasteiger partial charge on any atom is 0.260 e. The maximum absolute atomic E-state index is 12.8. The number of halogens is 2. The lowest BCUT2D eigenvalue weighted by Crippen LogP contribution is -2.56. The van der Waals surface area contributed by atoms with E-state index in [0.29, 0.717) is 31.9 Å². The number of nitrogens with zero attached hydrogens (tertiary/aromatic N) is 2. The molecule has 0 radical (unpaired) electrons. The molecule has 6 nitrogen and oxygen atoms in total. The average molecular weight is 388 g/mol. The Labute approximate surface area is 159 Å². The van der Waals surface area contributed by atoms with Crippen LogP contribution in [0.2, 0.25) is 0 Å². The molecule has 1 aromatic carbocycles. The number of nitrogens with two attached hydrogens (primary N) is 1. The topological polar surface area (TPSA) is 75.9 Å². The highest BCUT2D eigenvalue weighted by atomic mass is 35.5. The second-order valence-electron chi connectivity index (χ2n) is 6.36. The van der Waals surface area contributed by atoms with Gasteiger partial charge in [-0.3, -0.25) is 9.59 Å². The van der Waals surface area contributed by atoms with E-state index in [9.17, 15) is 14.0 Å². The second kappa shape index (κ2) is 10.3. The fourth-order valence-electron chi connectivity index (χ4n) is 2.65. The zero-order valence-electron chi connectivity index (χ0n) is 15.2. The van der Waals surface area contributed by atoms with E-state index in [-0.39, 0.29) is 42.6 Å². The van der Waals surface area contributed by atoms with Gasteiger partial charge in [-0.25, -0.2) is 4.39 Å². The number of hydrogen-bond acceptors (Lipinski definition) is 4. The van der Waals surface area contributed by atoms with Gasteiger partial charge >= 0.3 is 0 Å². The summed E-state index contributed by atoms with van der Waals surface area (Å²) in [6.45, 7) is 5.75. The van der Waals surface area contributed by atoms with Gasteiger partial charge in [0, 0.05) is 26.2 Å². The number of benzene rings is 1. The first-order chi connectivity index (χ1) is 11.9. The van der Waals surface area contributed by atoms with Gasteiger partial charge < -0.3 is 20.3 Å². The van der Waals surface area contributed by atoms with Gasteiger partial charge in [-0.15, -0.1) is 12.4 Å². The summed E-state index contributed by atoms with van der Waals surface area (Å²) in [5, 5.41) is 0. The van der Waals surface area contributed by atoms with Crippen molar-refractivity contribution in [2.75, 3.05) is 32.8 Å². The van der Waals surface area contributed by atoms with Gasteiger partial charge in [-0.1, -0.05) is 20.3 Å². The summed E-state index contributed by atoms with van der Waals surface area (Å²) in [7, 11) is 0. The number of ether oxygens (including phenoxy) is 1. The van der Waals surface area contributed by atoms with E-state index in [0.717, 1.165) is 6.42 Å². The number of rotatable bonds is 6. The van der Waals surface area contributed by atoms with Crippen LogP contribution in [0.5, 0.6) is 5.75 Å². The molecular weight excluding hydrogens is 361 g/mol. The van der Waals surface area contributed by atoms with Crippen molar-refractivity contribution in [3.05, 3.63) is 30.1 Å². The Kier molecular flexibility index (Phi) is 8.81. The molecule has 0 saturated carbocycles. The molecule has 1 aromatic rings. The Morgan fingerprint density at radius 2 is 1.69 bits per heavy atom. The standard InChI is InChI=1S/C18H26FN3O3.ClH/c1-3-13(2)17(20)18(24)22-10-8-21(9-11-22)16(23)12-25-15-6-4-14(19)5-7-15;/h4-7,13,17H,3,8-12,20H2,1-2H3;1H. The van der Waals surface area contributed by atoms with E-state index in [1.807, 2.05) is 13.8 Å². The lowest BCUT2D eigenvalue weighted by Gasteiger charge is -2.36. The highest BCUT2D eigenvalue weighted by Gasteiger charge is 2.29. The average Bonchev–Trinajstić information content (AvgIpc) is 2.65. The number of amides is 2. The Bertz CT molecular complexity index is 592. The van der Waals surface area contributed by atoms with Crippen LogP contribution in [0.25, 0.3) is 0 Å². The molecule has 0 bridgehead atoms. The summed E-state index contributed by atoms with van der Waals surface area (Å²) in [5.74, 6) is 0.0288. The van der Waals surface area contributed by atoms with Gasteiger partial charge in [-0.05, 0) is 30.2 Å². The van der Waals surface area contributed by atoms with E-state index in [2.05, 4.69) is 0 Å². The molecule has 2 unspecified atom stereocenters. The quantitative estimate of drug-likeness (QED) is 0.805. The smallest absolute Gasteiger partial charge is 0.260 e. The first kappa shape index (κ1) is 22.2. The van der Waals surface area contributed by atoms with Crippen LogP contribution in [0.15, 0.2) is 24.3 Å². The molecule has 1 aliphatic heterocycles. The molecular formula is C18H27ClFN3O3. The number of carbonyl (C=O) groups excluding carboxylic acids is 2. The van der Waals surface area contributed by atoms with Crippen molar-refractivity contribution in [2.45, 2.75) is 26.3 Å². The zero-order valence-corrected chi connectivity index (χ0v) is 16.0. The molecule has 26 heavy (non-hydrogen) atoms. The van der Waals surface area contributed by atoms with Crippen molar-refractivity contribution in [1.29, 1.82) is 0 Å². The van der Waals surface area contributed by atoms with Gasteiger partial charge in [-0.2, -0.15) is 0 Å². The predicted molar refractivity (Wildman–Crippen MR) is 99.7 cm³/mol. The summed E-state index contributed by atoms with van der Waals surface area (Å²) in [5.41, 5.74) is 6.00. The van der Waals surface area contributed by atoms with E-state index in [1.165, 1.54) is 24.3 Å². The predicted octanol–water partition coefficient (Wildman–Crippen LogP) is 1.67. The fraction of sp³-hybridized carbons (Fsp3) is 0.556. The molecule has 2 N–H and O–H groups in total. The number of carbonyl (C=O) groups is 2. The molecule has 1 saturated heterocycles. The van der Waals surface area contributed by atoms with Crippen molar-refractivity contribution in [2.24, 2.45) is 11.7 Å². The first-order valence-corrected chi connectivity index (χ1v) is 8.63. The summed E-state index contributed by atoms with van der Waals surface area (Å²) in [6, 6.07) is 5.04. The van der Waals surface area contributed by atoms with Crippen LogP contribution in [0.1, 0.15) is 20.3 Å². The first-order valence-electron chi connectivity index (χ1n) is 8.63. The van der Waals surface area contributed by atoms with Crippen LogP contribution in [0.4, 0.5) is 4.39 Å². The second-order valence-corrected chi connectivity index (χ2v) is 6.36. The third kappa shape index (κ3) is 5.85. The lowest BCUT2D eigenvalue weighted by atomic mass is 9.98. The molecule has 2 rings (SSSR count). The third-order valence-electron chi connectivity index (χ3n) is 4.66. The van der Waals surface area contributed by atoms with Crippen molar-refractivity contribution in [3.8, 4) is 5.75 Å². The van der Waals surface area contributed by atoms with Crippen LogP contribution >= 0.6 is 12.4 Å². The third-order valence-corrected chi connectivity index (χ3v) is 4.66. The highest BCUT2D eigenvalue weighted by Crippen LogP contribution is 2.13. The molecule has 1 fully saturated rings. The molecule has 2 amide bonds. The normalized spacial score (nSPS) is 16.5. The molecule has 0 aromatic heterocycles. The fourth-order valence-corrected chi connectivity index (χ4v) is 2.65. The Balaban J connectivity index is 0.00000338. The molecule has 146 valence electrons. The SMILES string of the molecule is CCC(C)C(N)C(=O)N1CCN(C(=O)COc2ccc(F)cc2)CC1.Cl. The Morgan fingerprint density at radius 1 is 1.15 bits per heavy atom. The summed E-state index contributed by atoms with van der Waals surface area (Å²) >= 11 is 0. The molecule has 0 spiro atoms. The zero-order chi connectivity index (χ0) is 18.4. The van der Waals surface area contributed by atoms with Gasteiger partial charge in [0.05, 0.1) is 6.04 Å². The largest absolute Gasteiger partial charge is 0.484 e. The summed E-state index contributed by atoms with van der Waals surface area (Å²) < 4.78 is 18.2. The van der Waals surface area contributed by atoms with E-state index in [1.54, 1.807) is 9.80 Å². The monoisotopic (exact) mass is 387 g/mol. The van der Waals surface area contributed by atoms with Crippen LogP contribution < -0.4 is 10.5 Å². The highest BCUT2D eigenvalue weighted by molar-refractivity contribution is 5.85. The van der Waals surface area contributed by atoms with Crippen LogP contribution in [0.3, 0.4) is 0 Å². The van der Waals surface area contributed by atoms with Crippen molar-refractivity contribution in [3.63, 3.8) is 0 Å². The maximum atomic E-state index is 12.8. The number of hydrogen-bond donors (Lipinski definition) is 1. The molecule has 2 atom stereocenters. The molecule has 1 heterocycles. The van der Waals surface area contributed by atoms with Gasteiger partial charge in [0.15, 0.2) is 6.61 Å². The summed E-state index contributed by atoms with van der Waals surface area (Å²) in [4.78, 5) is 27.9. The van der Waals surface area contributed by atoms with Gasteiger partial charge in [0.25, 0.3) is 5.91 Å². The lowest BCUT2D eigenvalue weighted by molar-refractivity contribution is -0.142. The minimum Gasteiger partial charge on any atom is -0.484 e. The minimum absolute atomic E-state index is 0. The van der Waals surface area contributed by atoms with Crippen LogP contribution in [0, 0.1) is 11.7 Å². The molecule has 8 heteroatoms. The van der Waals surface area contributed by atoms with Crippen molar-refractivity contribution in [1.82, 2.24) is 9.80 Å². The van der Waals surface area contributed by atoms with Crippen LogP contribution in [-0.4, -0.2) is 60.4 Å². The van der Waals surface area contributed by atoms with Gasteiger partial charge in [0.2, 0.25) is 5.91 Å². The van der Waals surface area contributed by atoms with Gasteiger partial charge in [0.1, 0.15) is 11.6 Å². The summed E-state index contributed by atoms with van der Waals surface area (Å²) in [6.07, 6.45) is 0.853. The Morgan fingerprint density at radius 3 is 2.23 bits per heavy atom. The van der Waals surface area contributed by atoms with Crippen molar-refractivity contribution < 1.29 is 18.7 Å². The van der Waals surface area contributed by atoms with E-state index < -0.39 is 6.04 Å². The Hall–Kier alpha value is -1.86. The minimum atomic E-state index is -0.492. The van der Waals surface area contributed by atoms with E-state index in [4.69, 9.17) is 10.5 Å². The number of piperazine rings is 1.